The predicted octanol–water partition coefficient (Wildman–Crippen LogP) is 5.21. The fraction of sp³-hybridized carbons (Fsp3) is 0.158. The molecule has 116 valence electrons. The fourth-order valence-corrected chi connectivity index (χ4v) is 4.04. The minimum atomic E-state index is 0.453. The molecule has 1 heterocycles. The summed E-state index contributed by atoms with van der Waals surface area (Å²) in [7, 11) is 0. The average molecular weight is 343 g/mol. The molecule has 4 heteroatoms. The minimum Gasteiger partial charge on any atom is -0.357 e. The molecule has 0 atom stereocenters. The van der Waals surface area contributed by atoms with Gasteiger partial charge in [0.2, 0.25) is 0 Å². The summed E-state index contributed by atoms with van der Waals surface area (Å²) in [6, 6.07) is 14.2. The van der Waals surface area contributed by atoms with Crippen molar-refractivity contribution in [2.75, 3.05) is 0 Å². The number of hydrogen-bond acceptors (Lipinski definition) is 1. The van der Waals surface area contributed by atoms with Crippen LogP contribution in [0.4, 0.5) is 0 Å². The molecule has 0 fully saturated rings. The maximum atomic E-state index is 6.20. The molecule has 0 unspecified atom stereocenters. The molecule has 0 radical (unpaired) electrons. The Morgan fingerprint density at radius 2 is 1.74 bits per heavy atom. The van der Waals surface area contributed by atoms with Crippen LogP contribution in [0.25, 0.3) is 22.4 Å². The Morgan fingerprint density at radius 1 is 1.00 bits per heavy atom. The van der Waals surface area contributed by atoms with Gasteiger partial charge in [0.15, 0.2) is 0 Å². The number of halogens is 2. The van der Waals surface area contributed by atoms with Crippen molar-refractivity contribution >= 4 is 23.2 Å². The second kappa shape index (κ2) is 5.72. The molecule has 3 N–H and O–H groups in total. The van der Waals surface area contributed by atoms with Crippen molar-refractivity contribution in [3.05, 3.63) is 69.3 Å². The average Bonchev–Trinajstić information content (AvgIpc) is 2.93. The Hall–Kier alpha value is -1.74. The van der Waals surface area contributed by atoms with E-state index in [-0.39, 0.29) is 0 Å². The van der Waals surface area contributed by atoms with E-state index >= 15 is 0 Å². The lowest BCUT2D eigenvalue weighted by Gasteiger charge is -2.17. The van der Waals surface area contributed by atoms with Gasteiger partial charge < -0.3 is 10.7 Å². The maximum absolute atomic E-state index is 6.20. The summed E-state index contributed by atoms with van der Waals surface area (Å²) in [5.41, 5.74) is 14.3. The number of nitrogens with one attached hydrogen (secondary N) is 1. The summed E-state index contributed by atoms with van der Waals surface area (Å²) in [5, 5.41) is 1.28. The fourth-order valence-electron chi connectivity index (χ4n) is 3.52. The molecule has 0 bridgehead atoms. The van der Waals surface area contributed by atoms with E-state index in [1.165, 1.54) is 22.4 Å². The highest BCUT2D eigenvalue weighted by Crippen LogP contribution is 2.41. The summed E-state index contributed by atoms with van der Waals surface area (Å²) in [4.78, 5) is 3.53. The number of nitrogens with two attached hydrogens (primary N) is 1. The van der Waals surface area contributed by atoms with Crippen LogP contribution in [0, 0.1) is 0 Å². The van der Waals surface area contributed by atoms with E-state index in [0.717, 1.165) is 29.7 Å². The predicted molar refractivity (Wildman–Crippen MR) is 97.0 cm³/mol. The molecule has 0 saturated heterocycles. The van der Waals surface area contributed by atoms with Crippen LogP contribution in [-0.4, -0.2) is 4.98 Å². The van der Waals surface area contributed by atoms with Crippen LogP contribution in [0.1, 0.15) is 16.8 Å². The largest absolute Gasteiger partial charge is 0.357 e. The topological polar surface area (TPSA) is 41.8 Å². The number of aromatic nitrogens is 1. The van der Waals surface area contributed by atoms with Crippen LogP contribution in [0.3, 0.4) is 0 Å². The number of fused-ring (bicyclic) bond motifs is 3. The highest BCUT2D eigenvalue weighted by atomic mass is 35.5. The summed E-state index contributed by atoms with van der Waals surface area (Å²) < 4.78 is 0. The first-order chi connectivity index (χ1) is 11.2. The van der Waals surface area contributed by atoms with Gasteiger partial charge in [0.05, 0.1) is 0 Å². The zero-order chi connectivity index (χ0) is 16.0. The van der Waals surface area contributed by atoms with Crippen molar-refractivity contribution in [1.82, 2.24) is 4.98 Å². The third-order valence-corrected chi connectivity index (χ3v) is 4.90. The summed E-state index contributed by atoms with van der Waals surface area (Å²) >= 11 is 12.4. The maximum Gasteiger partial charge on any atom is 0.0498 e. The molecule has 1 aliphatic rings. The van der Waals surface area contributed by atoms with Crippen molar-refractivity contribution in [1.29, 1.82) is 0 Å². The van der Waals surface area contributed by atoms with E-state index in [1.54, 1.807) is 6.07 Å². The van der Waals surface area contributed by atoms with Gasteiger partial charge in [0.1, 0.15) is 0 Å². The van der Waals surface area contributed by atoms with Gasteiger partial charge in [-0.15, -0.1) is 0 Å². The first-order valence-corrected chi connectivity index (χ1v) is 8.41. The normalized spacial score (nSPS) is 12.8. The van der Waals surface area contributed by atoms with Crippen LogP contribution in [0.2, 0.25) is 10.0 Å². The lowest BCUT2D eigenvalue weighted by Crippen LogP contribution is -2.03. The SMILES string of the molecule is NCc1[nH]c2c(c1-c1cc(Cl)cc(Cl)c1)CCc1ccccc1-2. The van der Waals surface area contributed by atoms with Crippen molar-refractivity contribution in [2.45, 2.75) is 19.4 Å². The molecule has 3 aromatic rings. The summed E-state index contributed by atoms with van der Waals surface area (Å²) in [5.74, 6) is 0. The molecule has 0 spiro atoms. The standard InChI is InChI=1S/C19H16Cl2N2/c20-13-7-12(8-14(21)9-13)18-16-6-5-11-3-1-2-4-15(11)19(16)23-17(18)10-22/h1-4,7-9,23H,5-6,10,22H2. The second-order valence-corrected chi connectivity index (χ2v) is 6.72. The van der Waals surface area contributed by atoms with E-state index in [9.17, 15) is 0 Å². The molecule has 0 amide bonds. The second-order valence-electron chi connectivity index (χ2n) is 5.85. The highest BCUT2D eigenvalue weighted by Gasteiger charge is 2.24. The zero-order valence-electron chi connectivity index (χ0n) is 12.5. The molecule has 0 aliphatic heterocycles. The Kier molecular flexibility index (Phi) is 3.68. The molecule has 2 aromatic carbocycles. The van der Waals surface area contributed by atoms with Gasteiger partial charge in [-0.1, -0.05) is 47.5 Å². The van der Waals surface area contributed by atoms with E-state index in [0.29, 0.717) is 16.6 Å². The number of hydrogen-bond donors (Lipinski definition) is 2. The van der Waals surface area contributed by atoms with Gasteiger partial charge in [-0.25, -0.2) is 0 Å². The Morgan fingerprint density at radius 3 is 2.48 bits per heavy atom. The number of benzene rings is 2. The van der Waals surface area contributed by atoms with Crippen molar-refractivity contribution in [3.63, 3.8) is 0 Å². The summed E-state index contributed by atoms with van der Waals surface area (Å²) in [6.45, 7) is 0.453. The molecular weight excluding hydrogens is 327 g/mol. The number of H-pyrrole nitrogens is 1. The number of aromatic amines is 1. The first kappa shape index (κ1) is 14.8. The molecule has 23 heavy (non-hydrogen) atoms. The van der Waals surface area contributed by atoms with Crippen molar-refractivity contribution in [2.24, 2.45) is 5.73 Å². The Labute approximate surface area is 145 Å². The van der Waals surface area contributed by atoms with Crippen LogP contribution < -0.4 is 5.73 Å². The monoisotopic (exact) mass is 342 g/mol. The number of rotatable bonds is 2. The lowest BCUT2D eigenvalue weighted by molar-refractivity contribution is 0.943. The van der Waals surface area contributed by atoms with Crippen LogP contribution in [-0.2, 0) is 19.4 Å². The molecule has 4 rings (SSSR count). The van der Waals surface area contributed by atoms with E-state index in [1.807, 2.05) is 12.1 Å². The zero-order valence-corrected chi connectivity index (χ0v) is 14.0. The molecule has 0 saturated carbocycles. The molecule has 1 aromatic heterocycles. The van der Waals surface area contributed by atoms with Gasteiger partial charge in [-0.3, -0.25) is 0 Å². The first-order valence-electron chi connectivity index (χ1n) is 7.66. The number of aryl methyl sites for hydroxylation is 1. The third-order valence-electron chi connectivity index (χ3n) is 4.47. The molecule has 2 nitrogen and oxygen atoms in total. The van der Waals surface area contributed by atoms with Crippen LogP contribution in [0.15, 0.2) is 42.5 Å². The van der Waals surface area contributed by atoms with Crippen molar-refractivity contribution < 1.29 is 0 Å². The lowest BCUT2D eigenvalue weighted by atomic mass is 9.87. The molecule has 1 aliphatic carbocycles. The summed E-state index contributed by atoms with van der Waals surface area (Å²) in [6.07, 6.45) is 2.02. The van der Waals surface area contributed by atoms with Crippen LogP contribution >= 0.6 is 23.2 Å². The van der Waals surface area contributed by atoms with Gasteiger partial charge in [-0.05, 0) is 47.7 Å². The van der Waals surface area contributed by atoms with Gasteiger partial charge >= 0.3 is 0 Å². The van der Waals surface area contributed by atoms with Crippen LogP contribution in [0.5, 0.6) is 0 Å². The molecular formula is C19H16Cl2N2. The Balaban J connectivity index is 1.97. The van der Waals surface area contributed by atoms with E-state index < -0.39 is 0 Å². The quantitative estimate of drug-likeness (QED) is 0.659. The minimum absolute atomic E-state index is 0.453. The Bertz CT molecular complexity index is 876. The van der Waals surface area contributed by atoms with Gasteiger partial charge in [0.25, 0.3) is 0 Å². The van der Waals surface area contributed by atoms with E-state index in [4.69, 9.17) is 28.9 Å². The van der Waals surface area contributed by atoms with Crippen molar-refractivity contribution in [3.8, 4) is 22.4 Å². The third kappa shape index (κ3) is 2.47. The highest BCUT2D eigenvalue weighted by molar-refractivity contribution is 6.35. The van der Waals surface area contributed by atoms with E-state index in [2.05, 4.69) is 29.2 Å². The smallest absolute Gasteiger partial charge is 0.0498 e. The van der Waals surface area contributed by atoms with Gasteiger partial charge in [-0.2, -0.15) is 0 Å². The van der Waals surface area contributed by atoms with Gasteiger partial charge in [0, 0.05) is 39.1 Å².